The number of aryl methyl sites for hydroxylation is 1. The Bertz CT molecular complexity index is 1530. The van der Waals surface area contributed by atoms with Crippen molar-refractivity contribution in [3.63, 3.8) is 0 Å². The second kappa shape index (κ2) is 13.5. The summed E-state index contributed by atoms with van der Waals surface area (Å²) in [5.41, 5.74) is 4.03. The molecule has 0 aliphatic heterocycles. The zero-order valence-corrected chi connectivity index (χ0v) is 22.6. The zero-order chi connectivity index (χ0) is 29.4. The molecular formula is C33H30F2N2O4. The Morgan fingerprint density at radius 2 is 1.34 bits per heavy atom. The highest BCUT2D eigenvalue weighted by atomic mass is 19.1. The molecule has 0 bridgehead atoms. The van der Waals surface area contributed by atoms with E-state index in [2.05, 4.69) is 5.32 Å². The van der Waals surface area contributed by atoms with Gasteiger partial charge in [-0.05, 0) is 59.9 Å². The lowest BCUT2D eigenvalue weighted by Crippen LogP contribution is -2.35. The van der Waals surface area contributed by atoms with E-state index in [1.807, 2.05) is 31.2 Å². The van der Waals surface area contributed by atoms with E-state index in [1.165, 1.54) is 4.90 Å². The van der Waals surface area contributed by atoms with Crippen molar-refractivity contribution < 1.29 is 28.3 Å². The van der Waals surface area contributed by atoms with Crippen molar-refractivity contribution in [3.8, 4) is 11.1 Å². The molecule has 0 radical (unpaired) electrons. The summed E-state index contributed by atoms with van der Waals surface area (Å²) in [6, 6.07) is 24.6. The van der Waals surface area contributed by atoms with Crippen molar-refractivity contribution in [1.29, 1.82) is 0 Å². The molecule has 2 N–H and O–H groups in total. The third kappa shape index (κ3) is 7.85. The molecule has 4 aromatic carbocycles. The van der Waals surface area contributed by atoms with E-state index in [0.717, 1.165) is 29.3 Å². The van der Waals surface area contributed by atoms with E-state index in [0.29, 0.717) is 29.7 Å². The monoisotopic (exact) mass is 556 g/mol. The van der Waals surface area contributed by atoms with Crippen LogP contribution in [0.5, 0.6) is 0 Å². The minimum Gasteiger partial charge on any atom is -0.481 e. The number of benzene rings is 4. The molecule has 4 aromatic rings. The molecule has 6 nitrogen and oxygen atoms in total. The second-order valence-electron chi connectivity index (χ2n) is 9.72. The van der Waals surface area contributed by atoms with Crippen LogP contribution in [0, 0.1) is 18.6 Å². The predicted octanol–water partition coefficient (Wildman–Crippen LogP) is 6.03. The first-order valence-corrected chi connectivity index (χ1v) is 13.2. The van der Waals surface area contributed by atoms with E-state index >= 15 is 0 Å². The van der Waals surface area contributed by atoms with Gasteiger partial charge in [0.25, 0.3) is 11.8 Å². The van der Waals surface area contributed by atoms with E-state index in [4.69, 9.17) is 0 Å². The summed E-state index contributed by atoms with van der Waals surface area (Å²) in [5.74, 6) is -3.31. The molecule has 2 amide bonds. The second-order valence-corrected chi connectivity index (χ2v) is 9.72. The fraction of sp³-hybridized carbons (Fsp3) is 0.182. The maximum Gasteiger partial charge on any atom is 0.305 e. The van der Waals surface area contributed by atoms with E-state index in [9.17, 15) is 28.3 Å². The van der Waals surface area contributed by atoms with Crippen LogP contribution in [0.4, 0.5) is 8.78 Å². The van der Waals surface area contributed by atoms with Crippen LogP contribution < -0.4 is 5.32 Å². The molecular weight excluding hydrogens is 526 g/mol. The van der Waals surface area contributed by atoms with Crippen LogP contribution in [0.1, 0.15) is 43.8 Å². The number of carboxylic acids is 1. The minimum absolute atomic E-state index is 0.0285. The summed E-state index contributed by atoms with van der Waals surface area (Å²) in [6.07, 6.45) is 0.342. The maximum atomic E-state index is 13.8. The van der Waals surface area contributed by atoms with Gasteiger partial charge in [0.15, 0.2) is 0 Å². The van der Waals surface area contributed by atoms with Gasteiger partial charge in [0.2, 0.25) is 0 Å². The molecule has 0 aliphatic carbocycles. The molecule has 0 atom stereocenters. The number of carbonyl (C=O) groups excluding carboxylic acids is 2. The number of amides is 2. The van der Waals surface area contributed by atoms with Crippen LogP contribution in [0.25, 0.3) is 11.1 Å². The molecule has 0 aliphatic rings. The number of nitrogens with one attached hydrogen (secondary N) is 1. The van der Waals surface area contributed by atoms with E-state index in [-0.39, 0.29) is 36.5 Å². The van der Waals surface area contributed by atoms with Gasteiger partial charge in [0.1, 0.15) is 11.6 Å². The van der Waals surface area contributed by atoms with Gasteiger partial charge in [0, 0.05) is 36.8 Å². The van der Waals surface area contributed by atoms with Gasteiger partial charge in [-0.15, -0.1) is 0 Å². The fourth-order valence-corrected chi connectivity index (χ4v) is 4.55. The molecule has 210 valence electrons. The Kier molecular flexibility index (Phi) is 9.58. The summed E-state index contributed by atoms with van der Waals surface area (Å²) < 4.78 is 27.2. The first-order chi connectivity index (χ1) is 19.7. The number of carbonyl (C=O) groups is 3. The number of halogens is 2. The smallest absolute Gasteiger partial charge is 0.305 e. The van der Waals surface area contributed by atoms with Gasteiger partial charge in [-0.25, -0.2) is 8.78 Å². The average Bonchev–Trinajstić information content (AvgIpc) is 2.96. The predicted molar refractivity (Wildman–Crippen MR) is 152 cm³/mol. The third-order valence-corrected chi connectivity index (χ3v) is 6.67. The van der Waals surface area contributed by atoms with Crippen molar-refractivity contribution in [2.45, 2.75) is 26.3 Å². The number of aliphatic carboxylic acids is 1. The Balaban J connectivity index is 1.60. The number of hydrogen-bond donors (Lipinski definition) is 2. The maximum absolute atomic E-state index is 13.8. The first kappa shape index (κ1) is 29.1. The van der Waals surface area contributed by atoms with Crippen LogP contribution in [0.2, 0.25) is 0 Å². The van der Waals surface area contributed by atoms with Gasteiger partial charge in [-0.3, -0.25) is 14.4 Å². The first-order valence-electron chi connectivity index (χ1n) is 13.2. The van der Waals surface area contributed by atoms with Gasteiger partial charge in [-0.1, -0.05) is 66.2 Å². The Hall–Kier alpha value is -4.85. The van der Waals surface area contributed by atoms with Crippen LogP contribution in [-0.2, 0) is 17.8 Å². The van der Waals surface area contributed by atoms with Crippen molar-refractivity contribution in [2.75, 3.05) is 13.1 Å². The SMILES string of the molecule is Cc1ccc(CCN(CCC(=O)O)C(=O)c2ccccc2-c2ccccc2C(=O)NCc2cc(F)cc(F)c2)cc1. The molecule has 0 spiro atoms. The molecule has 4 rings (SSSR count). The normalized spacial score (nSPS) is 10.7. The highest BCUT2D eigenvalue weighted by Gasteiger charge is 2.22. The Morgan fingerprint density at radius 3 is 1.98 bits per heavy atom. The van der Waals surface area contributed by atoms with Crippen LogP contribution in [0.3, 0.4) is 0 Å². The zero-order valence-electron chi connectivity index (χ0n) is 22.6. The highest BCUT2D eigenvalue weighted by Crippen LogP contribution is 2.28. The van der Waals surface area contributed by atoms with E-state index < -0.39 is 23.5 Å². The largest absolute Gasteiger partial charge is 0.481 e. The Morgan fingerprint density at radius 1 is 0.756 bits per heavy atom. The van der Waals surface area contributed by atoms with Gasteiger partial charge in [-0.2, -0.15) is 0 Å². The molecule has 0 heterocycles. The van der Waals surface area contributed by atoms with Crippen molar-refractivity contribution in [3.05, 3.63) is 130 Å². The molecule has 8 heteroatoms. The molecule has 0 saturated heterocycles. The molecule has 0 saturated carbocycles. The summed E-state index contributed by atoms with van der Waals surface area (Å²) in [7, 11) is 0. The van der Waals surface area contributed by atoms with Crippen LogP contribution in [-0.4, -0.2) is 40.9 Å². The lowest BCUT2D eigenvalue weighted by molar-refractivity contribution is -0.137. The Labute approximate surface area is 237 Å². The topological polar surface area (TPSA) is 86.7 Å². The van der Waals surface area contributed by atoms with E-state index in [1.54, 1.807) is 48.5 Å². The standard InChI is InChI=1S/C33H30F2N2O4/c1-22-10-12-23(13-11-22)14-16-37(17-15-31(38)39)33(41)30-9-5-3-7-28(30)27-6-2-4-8-29(27)32(40)36-21-24-18-25(34)20-26(35)19-24/h2-13,18-20H,14-17,21H2,1H3,(H,36,40)(H,38,39). The summed E-state index contributed by atoms with van der Waals surface area (Å²) >= 11 is 0. The summed E-state index contributed by atoms with van der Waals surface area (Å²) in [4.78, 5) is 39.9. The van der Waals surface area contributed by atoms with Crippen molar-refractivity contribution in [1.82, 2.24) is 10.2 Å². The lowest BCUT2D eigenvalue weighted by atomic mass is 9.94. The van der Waals surface area contributed by atoms with Crippen LogP contribution >= 0.6 is 0 Å². The van der Waals surface area contributed by atoms with Gasteiger partial charge < -0.3 is 15.3 Å². The summed E-state index contributed by atoms with van der Waals surface area (Å²) in [6.45, 7) is 2.24. The molecule has 0 aromatic heterocycles. The molecule has 41 heavy (non-hydrogen) atoms. The fourth-order valence-electron chi connectivity index (χ4n) is 4.55. The van der Waals surface area contributed by atoms with Crippen LogP contribution in [0.15, 0.2) is 91.0 Å². The van der Waals surface area contributed by atoms with Crippen molar-refractivity contribution >= 4 is 17.8 Å². The van der Waals surface area contributed by atoms with Gasteiger partial charge in [0.05, 0.1) is 6.42 Å². The molecule has 0 fully saturated rings. The highest BCUT2D eigenvalue weighted by molar-refractivity contribution is 6.06. The number of nitrogens with zero attached hydrogens (tertiary/aromatic N) is 1. The quantitative estimate of drug-likeness (QED) is 0.236. The third-order valence-electron chi connectivity index (χ3n) is 6.67. The van der Waals surface area contributed by atoms with Gasteiger partial charge >= 0.3 is 5.97 Å². The average molecular weight is 557 g/mol. The number of rotatable bonds is 11. The summed E-state index contributed by atoms with van der Waals surface area (Å²) in [5, 5.41) is 12.0. The lowest BCUT2D eigenvalue weighted by Gasteiger charge is -2.24. The molecule has 0 unspecified atom stereocenters. The number of hydrogen-bond acceptors (Lipinski definition) is 3. The van der Waals surface area contributed by atoms with Crippen molar-refractivity contribution in [2.24, 2.45) is 0 Å². The number of carboxylic acid groups (broad SMARTS) is 1. The minimum atomic E-state index is -1.01.